The van der Waals surface area contributed by atoms with Crippen LogP contribution in [-0.4, -0.2) is 21.3 Å². The van der Waals surface area contributed by atoms with Crippen molar-refractivity contribution in [3.8, 4) is 22.0 Å². The third-order valence-electron chi connectivity index (χ3n) is 5.01. The number of halogens is 2. The molecule has 1 fully saturated rings. The molecule has 2 atom stereocenters. The third kappa shape index (κ3) is 3.44. The zero-order valence-electron chi connectivity index (χ0n) is 15.8. The van der Waals surface area contributed by atoms with Crippen LogP contribution in [-0.2, 0) is 4.79 Å². The van der Waals surface area contributed by atoms with E-state index in [1.165, 1.54) is 16.9 Å². The van der Waals surface area contributed by atoms with Gasteiger partial charge in [0.2, 0.25) is 5.91 Å². The molecule has 4 nitrogen and oxygen atoms in total. The smallest absolute Gasteiger partial charge is 0.249 e. The first-order valence-corrected chi connectivity index (χ1v) is 11.8. The van der Waals surface area contributed by atoms with Crippen molar-refractivity contribution >= 4 is 56.9 Å². The lowest BCUT2D eigenvalue weighted by Crippen LogP contribution is -2.56. The Balaban J connectivity index is 1.42. The summed E-state index contributed by atoms with van der Waals surface area (Å²) in [4.78, 5) is 23.6. The molecule has 150 valence electrons. The molecule has 8 heteroatoms. The van der Waals surface area contributed by atoms with Crippen molar-refractivity contribution in [2.45, 2.75) is 18.3 Å². The fraction of sp³-hybridized carbons (Fsp3) is 0.136. The van der Waals surface area contributed by atoms with Crippen molar-refractivity contribution in [3.05, 3.63) is 75.4 Å². The van der Waals surface area contributed by atoms with Gasteiger partial charge in [-0.2, -0.15) is 0 Å². The highest BCUT2D eigenvalue weighted by atomic mass is 35.5. The number of hydrogen-bond acceptors (Lipinski definition) is 5. The quantitative estimate of drug-likeness (QED) is 0.249. The van der Waals surface area contributed by atoms with E-state index in [-0.39, 0.29) is 11.9 Å². The van der Waals surface area contributed by atoms with E-state index in [1.807, 2.05) is 22.9 Å². The van der Waals surface area contributed by atoms with Crippen molar-refractivity contribution in [3.63, 3.8) is 0 Å². The Morgan fingerprint density at radius 1 is 0.933 bits per heavy atom. The first-order valence-electron chi connectivity index (χ1n) is 9.22. The van der Waals surface area contributed by atoms with Gasteiger partial charge in [0, 0.05) is 21.3 Å². The van der Waals surface area contributed by atoms with E-state index in [0.717, 1.165) is 27.5 Å². The Labute approximate surface area is 191 Å². The van der Waals surface area contributed by atoms with Crippen LogP contribution in [0.4, 0.5) is 5.13 Å². The minimum absolute atomic E-state index is 0.142. The molecule has 0 saturated carbocycles. The normalized spacial score (nSPS) is 18.5. The summed E-state index contributed by atoms with van der Waals surface area (Å²) in [5.41, 5.74) is 4.91. The lowest BCUT2D eigenvalue weighted by Gasteiger charge is -2.42. The standard InChI is InChI=1S/C22H15Cl2N3OS2/c1-12-2-4-13(5-3-12)16-10-29-20(25-16)17-11-30-22(26-17)27-19(18(24)21(27)28)14-6-8-15(23)9-7-14/h2-11,18-19H,1H3. The van der Waals surface area contributed by atoms with E-state index in [9.17, 15) is 4.79 Å². The average molecular weight is 472 g/mol. The van der Waals surface area contributed by atoms with Gasteiger partial charge in [-0.3, -0.25) is 9.69 Å². The summed E-state index contributed by atoms with van der Waals surface area (Å²) in [5, 5.41) is 5.45. The molecule has 2 unspecified atom stereocenters. The van der Waals surface area contributed by atoms with Crippen LogP contribution in [0.15, 0.2) is 59.3 Å². The van der Waals surface area contributed by atoms with Gasteiger partial charge < -0.3 is 0 Å². The van der Waals surface area contributed by atoms with E-state index in [0.29, 0.717) is 10.2 Å². The summed E-state index contributed by atoms with van der Waals surface area (Å²) in [7, 11) is 0. The van der Waals surface area contributed by atoms with Gasteiger partial charge in [-0.25, -0.2) is 9.97 Å². The van der Waals surface area contributed by atoms with E-state index in [1.54, 1.807) is 28.4 Å². The fourth-order valence-electron chi connectivity index (χ4n) is 3.37. The zero-order chi connectivity index (χ0) is 20.8. The molecule has 5 rings (SSSR count). The molecule has 0 radical (unpaired) electrons. The monoisotopic (exact) mass is 471 g/mol. The molecular formula is C22H15Cl2N3OS2. The number of anilines is 1. The number of β-lactam (4-membered cyclic amide) rings is 1. The second-order valence-electron chi connectivity index (χ2n) is 7.03. The van der Waals surface area contributed by atoms with E-state index >= 15 is 0 Å². The number of alkyl halides is 1. The molecular weight excluding hydrogens is 457 g/mol. The number of hydrogen-bond donors (Lipinski definition) is 0. The number of amides is 1. The van der Waals surface area contributed by atoms with Crippen LogP contribution in [0.3, 0.4) is 0 Å². The lowest BCUT2D eigenvalue weighted by atomic mass is 9.94. The fourth-order valence-corrected chi connectivity index (χ4v) is 5.57. The van der Waals surface area contributed by atoms with Crippen molar-refractivity contribution < 1.29 is 4.79 Å². The summed E-state index contributed by atoms with van der Waals surface area (Å²) >= 11 is 15.3. The molecule has 1 amide bonds. The first-order chi connectivity index (χ1) is 14.5. The number of nitrogens with zero attached hydrogens (tertiary/aromatic N) is 3. The number of carbonyl (C=O) groups is 1. The van der Waals surface area contributed by atoms with Crippen LogP contribution in [0.25, 0.3) is 22.0 Å². The van der Waals surface area contributed by atoms with Crippen LogP contribution in [0.5, 0.6) is 0 Å². The number of benzene rings is 2. The molecule has 2 aromatic carbocycles. The Bertz CT molecular complexity index is 1220. The van der Waals surface area contributed by atoms with Gasteiger partial charge in [0.25, 0.3) is 0 Å². The van der Waals surface area contributed by atoms with E-state index < -0.39 is 5.38 Å². The second kappa shape index (κ2) is 7.78. The Morgan fingerprint density at radius 3 is 2.37 bits per heavy atom. The van der Waals surface area contributed by atoms with E-state index in [4.69, 9.17) is 28.2 Å². The summed E-state index contributed by atoms with van der Waals surface area (Å²) in [6.45, 7) is 2.06. The van der Waals surface area contributed by atoms with Gasteiger partial charge in [0.1, 0.15) is 16.1 Å². The van der Waals surface area contributed by atoms with Gasteiger partial charge in [-0.05, 0) is 24.6 Å². The molecule has 2 aromatic heterocycles. The highest BCUT2D eigenvalue weighted by Crippen LogP contribution is 2.44. The average Bonchev–Trinajstić information content (AvgIpc) is 3.42. The molecule has 0 N–H and O–H groups in total. The van der Waals surface area contributed by atoms with Gasteiger partial charge in [-0.1, -0.05) is 53.6 Å². The number of aromatic nitrogens is 2. The predicted molar refractivity (Wildman–Crippen MR) is 125 cm³/mol. The maximum atomic E-state index is 12.5. The van der Waals surface area contributed by atoms with Crippen molar-refractivity contribution in [2.24, 2.45) is 0 Å². The second-order valence-corrected chi connectivity index (χ2v) is 9.63. The molecule has 0 bridgehead atoms. The van der Waals surface area contributed by atoms with Crippen LogP contribution in [0.2, 0.25) is 5.02 Å². The molecule has 1 saturated heterocycles. The molecule has 30 heavy (non-hydrogen) atoms. The van der Waals surface area contributed by atoms with Crippen LogP contribution >= 0.6 is 45.9 Å². The molecule has 1 aliphatic heterocycles. The zero-order valence-corrected chi connectivity index (χ0v) is 18.9. The molecule has 0 spiro atoms. The van der Waals surface area contributed by atoms with Gasteiger partial charge in [0.05, 0.1) is 11.7 Å². The highest BCUT2D eigenvalue weighted by molar-refractivity contribution is 7.16. The summed E-state index contributed by atoms with van der Waals surface area (Å²) < 4.78 is 0. The molecule has 0 aliphatic carbocycles. The summed E-state index contributed by atoms with van der Waals surface area (Å²) in [6.07, 6.45) is 0. The first kappa shape index (κ1) is 19.7. The van der Waals surface area contributed by atoms with Crippen LogP contribution in [0.1, 0.15) is 17.2 Å². The summed E-state index contributed by atoms with van der Waals surface area (Å²) in [6, 6.07) is 15.4. The topological polar surface area (TPSA) is 46.1 Å². The molecule has 4 aromatic rings. The van der Waals surface area contributed by atoms with Crippen LogP contribution in [0, 0.1) is 6.92 Å². The van der Waals surface area contributed by atoms with Crippen LogP contribution < -0.4 is 4.90 Å². The minimum atomic E-state index is -0.605. The maximum Gasteiger partial charge on any atom is 0.249 e. The Hall–Kier alpha value is -2.25. The van der Waals surface area contributed by atoms with Gasteiger partial charge >= 0.3 is 0 Å². The van der Waals surface area contributed by atoms with Crippen molar-refractivity contribution in [1.29, 1.82) is 0 Å². The van der Waals surface area contributed by atoms with E-state index in [2.05, 4.69) is 36.2 Å². The predicted octanol–water partition coefficient (Wildman–Crippen LogP) is 6.59. The van der Waals surface area contributed by atoms with Gasteiger partial charge in [-0.15, -0.1) is 34.3 Å². The van der Waals surface area contributed by atoms with Crippen molar-refractivity contribution in [1.82, 2.24) is 9.97 Å². The number of aryl methyl sites for hydroxylation is 1. The SMILES string of the molecule is Cc1ccc(-c2csc(-c3csc(N4C(=O)C(Cl)C4c4ccc(Cl)cc4)n3)n2)cc1. The van der Waals surface area contributed by atoms with Crippen molar-refractivity contribution in [2.75, 3.05) is 4.90 Å². The highest BCUT2D eigenvalue weighted by Gasteiger charge is 2.49. The minimum Gasteiger partial charge on any atom is -0.277 e. The molecule has 1 aliphatic rings. The number of carbonyl (C=O) groups excluding carboxylic acids is 1. The molecule has 3 heterocycles. The largest absolute Gasteiger partial charge is 0.277 e. The lowest BCUT2D eigenvalue weighted by molar-refractivity contribution is -0.123. The van der Waals surface area contributed by atoms with Gasteiger partial charge in [0.15, 0.2) is 5.13 Å². The number of thiazole rings is 2. The third-order valence-corrected chi connectivity index (χ3v) is 7.39. The summed E-state index contributed by atoms with van der Waals surface area (Å²) in [5.74, 6) is -0.142. The number of rotatable bonds is 4. The Kier molecular flexibility index (Phi) is 5.11. The maximum absolute atomic E-state index is 12.5. The Morgan fingerprint density at radius 2 is 1.63 bits per heavy atom.